The van der Waals surface area contributed by atoms with E-state index < -0.39 is 6.10 Å². The van der Waals surface area contributed by atoms with E-state index >= 15 is 0 Å². The van der Waals surface area contributed by atoms with Crippen LogP contribution in [-0.4, -0.2) is 83.0 Å². The van der Waals surface area contributed by atoms with E-state index in [0.29, 0.717) is 25.7 Å². The number of aliphatic hydroxyl groups is 1. The first-order valence-electron chi connectivity index (χ1n) is 13.8. The van der Waals surface area contributed by atoms with E-state index in [9.17, 15) is 14.7 Å². The first kappa shape index (κ1) is 24.4. The molecule has 7 nitrogen and oxygen atoms in total. The Morgan fingerprint density at radius 2 is 1.84 bits per heavy atom. The van der Waals surface area contributed by atoms with Crippen molar-refractivity contribution in [2.75, 3.05) is 44.6 Å². The molecule has 7 heteroatoms. The van der Waals surface area contributed by atoms with Crippen LogP contribution >= 0.6 is 0 Å². The zero-order valence-corrected chi connectivity index (χ0v) is 21.8. The molecule has 37 heavy (non-hydrogen) atoms. The zero-order valence-electron chi connectivity index (χ0n) is 21.8. The van der Waals surface area contributed by atoms with Gasteiger partial charge in [-0.15, -0.1) is 0 Å². The van der Waals surface area contributed by atoms with Gasteiger partial charge in [0.1, 0.15) is 0 Å². The van der Waals surface area contributed by atoms with Crippen LogP contribution in [0.15, 0.2) is 42.5 Å². The van der Waals surface area contributed by atoms with Crippen molar-refractivity contribution in [1.82, 2.24) is 14.7 Å². The number of nitrogens with zero attached hydrogens (tertiary/aromatic N) is 3. The van der Waals surface area contributed by atoms with Crippen molar-refractivity contribution in [2.45, 2.75) is 63.1 Å². The number of carbonyl (C=O) groups excluding carboxylic acids is 2. The molecule has 0 aromatic heterocycles. The lowest BCUT2D eigenvalue weighted by Crippen LogP contribution is -2.49. The fourth-order valence-corrected chi connectivity index (χ4v) is 6.59. The topological polar surface area (TPSA) is 76.1 Å². The van der Waals surface area contributed by atoms with Gasteiger partial charge in [0.25, 0.3) is 5.91 Å². The number of fused-ring (bicyclic) bond motifs is 3. The highest BCUT2D eigenvalue weighted by atomic mass is 16.3. The van der Waals surface area contributed by atoms with E-state index in [2.05, 4.69) is 46.6 Å². The highest BCUT2D eigenvalue weighted by Crippen LogP contribution is 2.52. The van der Waals surface area contributed by atoms with Crippen LogP contribution in [0, 0.1) is 0 Å². The summed E-state index contributed by atoms with van der Waals surface area (Å²) in [6, 6.07) is 15.1. The predicted octanol–water partition coefficient (Wildman–Crippen LogP) is 3.02. The number of aliphatic hydroxyl groups excluding tert-OH is 1. The van der Waals surface area contributed by atoms with E-state index in [1.54, 1.807) is 6.92 Å². The van der Waals surface area contributed by atoms with Gasteiger partial charge in [-0.3, -0.25) is 14.5 Å². The molecule has 1 spiro atoms. The molecule has 6 rings (SSSR count). The zero-order chi connectivity index (χ0) is 25.6. The summed E-state index contributed by atoms with van der Waals surface area (Å²) in [5, 5.41) is 14.6. The minimum atomic E-state index is -0.570. The normalized spacial score (nSPS) is 21.9. The second-order valence-corrected chi connectivity index (χ2v) is 11.6. The molecule has 0 bridgehead atoms. The highest BCUT2D eigenvalue weighted by Gasteiger charge is 2.51. The molecular weight excluding hydrogens is 464 g/mol. The van der Waals surface area contributed by atoms with Crippen LogP contribution in [0.5, 0.6) is 0 Å². The van der Waals surface area contributed by atoms with Gasteiger partial charge in [-0.05, 0) is 60.9 Å². The number of carbonyl (C=O) groups is 2. The van der Waals surface area contributed by atoms with Crippen molar-refractivity contribution in [2.24, 2.45) is 0 Å². The molecule has 0 radical (unpaired) electrons. The molecule has 4 aliphatic rings. The smallest absolute Gasteiger partial charge is 0.254 e. The average molecular weight is 503 g/mol. The molecule has 2 N–H and O–H groups in total. The molecule has 1 saturated carbocycles. The summed E-state index contributed by atoms with van der Waals surface area (Å²) in [4.78, 5) is 31.4. The molecule has 1 aliphatic carbocycles. The molecular formula is C30H38N4O3. The number of piperidine rings is 1. The first-order chi connectivity index (χ1) is 17.9. The number of rotatable bonds is 6. The molecule has 2 fully saturated rings. The Bertz CT molecular complexity index is 1190. The van der Waals surface area contributed by atoms with E-state index in [-0.39, 0.29) is 17.2 Å². The molecule has 0 unspecified atom stereocenters. The third kappa shape index (κ3) is 4.99. The number of amides is 2. The van der Waals surface area contributed by atoms with Crippen molar-refractivity contribution in [3.05, 3.63) is 64.7 Å². The van der Waals surface area contributed by atoms with Crippen molar-refractivity contribution < 1.29 is 14.7 Å². The Hall–Kier alpha value is -2.90. The summed E-state index contributed by atoms with van der Waals surface area (Å²) in [6.45, 7) is 6.63. The van der Waals surface area contributed by atoms with Gasteiger partial charge in [0.2, 0.25) is 5.91 Å². The average Bonchev–Trinajstić information content (AvgIpc) is 3.67. The minimum absolute atomic E-state index is 0.0330. The summed E-state index contributed by atoms with van der Waals surface area (Å²) in [5.41, 5.74) is 5.73. The van der Waals surface area contributed by atoms with Gasteiger partial charge in [-0.25, -0.2) is 0 Å². The highest BCUT2D eigenvalue weighted by molar-refractivity contribution is 5.98. The van der Waals surface area contributed by atoms with Crippen LogP contribution in [0.2, 0.25) is 0 Å². The Balaban J connectivity index is 1.11. The second-order valence-electron chi connectivity index (χ2n) is 11.6. The van der Waals surface area contributed by atoms with Crippen LogP contribution in [0.4, 0.5) is 5.69 Å². The fourth-order valence-electron chi connectivity index (χ4n) is 6.59. The summed E-state index contributed by atoms with van der Waals surface area (Å²) < 4.78 is 0. The van der Waals surface area contributed by atoms with Crippen LogP contribution in [0.25, 0.3) is 0 Å². The van der Waals surface area contributed by atoms with Crippen LogP contribution < -0.4 is 5.32 Å². The minimum Gasteiger partial charge on any atom is -0.390 e. The van der Waals surface area contributed by atoms with Gasteiger partial charge in [0.05, 0.1) is 6.10 Å². The lowest BCUT2D eigenvalue weighted by atomic mass is 9.86. The largest absolute Gasteiger partial charge is 0.390 e. The van der Waals surface area contributed by atoms with Crippen molar-refractivity contribution in [3.8, 4) is 0 Å². The van der Waals surface area contributed by atoms with Gasteiger partial charge in [-0.1, -0.05) is 30.3 Å². The van der Waals surface area contributed by atoms with Gasteiger partial charge in [-0.2, -0.15) is 0 Å². The lowest BCUT2D eigenvalue weighted by molar-refractivity contribution is -0.129. The van der Waals surface area contributed by atoms with Gasteiger partial charge < -0.3 is 20.2 Å². The Kier molecular flexibility index (Phi) is 6.45. The molecule has 1 atom stereocenters. The first-order valence-corrected chi connectivity index (χ1v) is 13.8. The molecule has 2 aromatic carbocycles. The maximum Gasteiger partial charge on any atom is 0.254 e. The number of β-amino-alcohol motifs (C(OH)–C–C–N with tert-alkyl or cyclic N) is 1. The maximum absolute atomic E-state index is 13.6. The number of hydrogen-bond acceptors (Lipinski definition) is 5. The standard InChI is InChI=1S/C30H38N4O3/c1-21(35)33-14-9-24(10-15-33)31-25-6-7-28-27(16-25)29(37)34(20-30(28)11-12-30)19-26(36)18-32-13-8-22-4-2-3-5-23(22)17-32/h2-7,16,24,26,31,36H,8-15,17-20H2,1H3/t26-/m0/s1. The van der Waals surface area contributed by atoms with Crippen molar-refractivity contribution in [3.63, 3.8) is 0 Å². The number of hydrogen-bond donors (Lipinski definition) is 2. The maximum atomic E-state index is 13.6. The summed E-state index contributed by atoms with van der Waals surface area (Å²) in [7, 11) is 0. The van der Waals surface area contributed by atoms with Crippen LogP contribution in [0.3, 0.4) is 0 Å². The van der Waals surface area contributed by atoms with E-state index in [0.717, 1.165) is 69.5 Å². The Morgan fingerprint density at radius 3 is 2.57 bits per heavy atom. The SMILES string of the molecule is CC(=O)N1CCC(Nc2ccc3c(c2)C(=O)N(C[C@@H](O)CN2CCc4ccccc4C2)CC32CC2)CC1. The van der Waals surface area contributed by atoms with Crippen LogP contribution in [-0.2, 0) is 23.2 Å². The number of nitrogens with one attached hydrogen (secondary N) is 1. The number of likely N-dealkylation sites (tertiary alicyclic amines) is 1. The predicted molar refractivity (Wildman–Crippen MR) is 144 cm³/mol. The van der Waals surface area contributed by atoms with E-state index in [1.807, 2.05) is 15.9 Å². The molecule has 3 heterocycles. The Morgan fingerprint density at radius 1 is 1.08 bits per heavy atom. The number of anilines is 1. The number of benzene rings is 2. The van der Waals surface area contributed by atoms with E-state index in [1.165, 1.54) is 16.7 Å². The second kappa shape index (κ2) is 9.76. The quantitative estimate of drug-likeness (QED) is 0.635. The monoisotopic (exact) mass is 502 g/mol. The lowest BCUT2D eigenvalue weighted by Gasteiger charge is -2.37. The van der Waals surface area contributed by atoms with E-state index in [4.69, 9.17) is 0 Å². The summed E-state index contributed by atoms with van der Waals surface area (Å²) >= 11 is 0. The third-order valence-corrected chi connectivity index (χ3v) is 8.88. The fraction of sp³-hybridized carbons (Fsp3) is 0.533. The molecule has 2 amide bonds. The summed E-state index contributed by atoms with van der Waals surface area (Å²) in [6.07, 6.45) is 4.45. The summed E-state index contributed by atoms with van der Waals surface area (Å²) in [5.74, 6) is 0.172. The third-order valence-electron chi connectivity index (χ3n) is 8.88. The van der Waals surface area contributed by atoms with Crippen molar-refractivity contribution in [1.29, 1.82) is 0 Å². The van der Waals surface area contributed by atoms with Gasteiger partial charge in [0.15, 0.2) is 0 Å². The van der Waals surface area contributed by atoms with Crippen molar-refractivity contribution >= 4 is 17.5 Å². The molecule has 2 aromatic rings. The molecule has 3 aliphatic heterocycles. The van der Waals surface area contributed by atoms with Gasteiger partial charge >= 0.3 is 0 Å². The van der Waals surface area contributed by atoms with Gasteiger partial charge in [0, 0.05) is 75.4 Å². The molecule has 1 saturated heterocycles. The molecule has 196 valence electrons. The Labute approximate surface area is 219 Å². The van der Waals surface area contributed by atoms with Crippen LogP contribution in [0.1, 0.15) is 59.7 Å².